The first-order valence-electron chi connectivity index (χ1n) is 9.94. The van der Waals surface area contributed by atoms with Crippen LogP contribution in [0.3, 0.4) is 0 Å². The number of nitrogens with one attached hydrogen (secondary N) is 1. The molecule has 2 aromatic carbocycles. The summed E-state index contributed by atoms with van der Waals surface area (Å²) in [6.45, 7) is 7.53. The van der Waals surface area contributed by atoms with Crippen molar-refractivity contribution >= 4 is 16.8 Å². The molecule has 3 aromatic rings. The summed E-state index contributed by atoms with van der Waals surface area (Å²) in [5.74, 6) is -0.207. The highest BCUT2D eigenvalue weighted by Crippen LogP contribution is 2.21. The van der Waals surface area contributed by atoms with E-state index in [0.717, 1.165) is 29.5 Å². The maximum absolute atomic E-state index is 13.5. The molecule has 0 saturated heterocycles. The number of aromatic nitrogens is 2. The lowest BCUT2D eigenvalue weighted by Crippen LogP contribution is -2.44. The van der Waals surface area contributed by atoms with Crippen molar-refractivity contribution in [3.05, 3.63) is 73.9 Å². The Morgan fingerprint density at radius 1 is 1.03 bits per heavy atom. The fourth-order valence-electron chi connectivity index (χ4n) is 3.58. The van der Waals surface area contributed by atoms with Gasteiger partial charge in [0, 0.05) is 6.04 Å². The second kappa shape index (κ2) is 7.03. The van der Waals surface area contributed by atoms with E-state index in [2.05, 4.69) is 5.32 Å². The fraction of sp³-hybridized carbons (Fsp3) is 0.348. The minimum absolute atomic E-state index is 0.194. The Balaban J connectivity index is 2.01. The molecule has 1 aliphatic carbocycles. The van der Waals surface area contributed by atoms with E-state index in [-0.39, 0.29) is 17.5 Å². The molecule has 4 rings (SSSR count). The molecule has 0 aliphatic heterocycles. The van der Waals surface area contributed by atoms with E-state index in [0.29, 0.717) is 16.6 Å². The van der Waals surface area contributed by atoms with Crippen molar-refractivity contribution in [2.24, 2.45) is 0 Å². The molecule has 6 heteroatoms. The van der Waals surface area contributed by atoms with Crippen LogP contribution in [0.15, 0.2) is 46.0 Å². The molecule has 6 nitrogen and oxygen atoms in total. The van der Waals surface area contributed by atoms with Crippen molar-refractivity contribution < 1.29 is 4.79 Å². The molecule has 150 valence electrons. The standard InChI is InChI=1S/C23H25N3O3/c1-13-5-10-20-19(11-13)22(28)26(18-9-6-14(2)15(3)12-18)23(29)25(20)16(4)21(27)24-17-7-8-17/h5-6,9-12,16-17H,7-8H2,1-4H3,(H,24,27)/t16-/m1/s1. The number of hydrogen-bond donors (Lipinski definition) is 1. The van der Waals surface area contributed by atoms with E-state index in [1.54, 1.807) is 25.1 Å². The second-order valence-electron chi connectivity index (χ2n) is 8.04. The molecule has 1 aliphatic rings. The highest BCUT2D eigenvalue weighted by Gasteiger charge is 2.28. The molecule has 0 bridgehead atoms. The number of aryl methyl sites for hydroxylation is 3. The van der Waals surface area contributed by atoms with Crippen LogP contribution in [0.25, 0.3) is 16.6 Å². The van der Waals surface area contributed by atoms with Gasteiger partial charge in [0.1, 0.15) is 6.04 Å². The average molecular weight is 391 g/mol. The van der Waals surface area contributed by atoms with Gasteiger partial charge in [-0.25, -0.2) is 9.36 Å². The van der Waals surface area contributed by atoms with Crippen molar-refractivity contribution in [1.29, 1.82) is 0 Å². The van der Waals surface area contributed by atoms with Gasteiger partial charge in [0.25, 0.3) is 5.56 Å². The van der Waals surface area contributed by atoms with Crippen LogP contribution < -0.4 is 16.6 Å². The second-order valence-corrected chi connectivity index (χ2v) is 8.04. The van der Waals surface area contributed by atoms with Gasteiger partial charge in [-0.15, -0.1) is 0 Å². The Morgan fingerprint density at radius 2 is 1.76 bits per heavy atom. The Morgan fingerprint density at radius 3 is 2.41 bits per heavy atom. The summed E-state index contributed by atoms with van der Waals surface area (Å²) in [4.78, 5) is 39.5. The van der Waals surface area contributed by atoms with Crippen LogP contribution in [0.1, 0.15) is 42.5 Å². The number of rotatable bonds is 4. The lowest BCUT2D eigenvalue weighted by atomic mass is 10.1. The van der Waals surface area contributed by atoms with Gasteiger partial charge in [-0.3, -0.25) is 14.2 Å². The molecular weight excluding hydrogens is 366 g/mol. The van der Waals surface area contributed by atoms with Crippen LogP contribution in [0, 0.1) is 20.8 Å². The molecule has 1 aromatic heterocycles. The minimum atomic E-state index is -0.730. The van der Waals surface area contributed by atoms with E-state index in [9.17, 15) is 14.4 Å². The Kier molecular flexibility index (Phi) is 4.65. The number of carbonyl (C=O) groups excluding carboxylic acids is 1. The van der Waals surface area contributed by atoms with Gasteiger partial charge in [0.05, 0.1) is 16.6 Å². The third-order valence-corrected chi connectivity index (χ3v) is 5.68. The van der Waals surface area contributed by atoms with Crippen molar-refractivity contribution in [2.75, 3.05) is 0 Å². The first-order chi connectivity index (χ1) is 13.8. The lowest BCUT2D eigenvalue weighted by Gasteiger charge is -2.20. The zero-order valence-corrected chi connectivity index (χ0v) is 17.2. The van der Waals surface area contributed by atoms with Crippen molar-refractivity contribution in [1.82, 2.24) is 14.5 Å². The highest BCUT2D eigenvalue weighted by atomic mass is 16.2. The molecule has 1 N–H and O–H groups in total. The topological polar surface area (TPSA) is 73.1 Å². The molecule has 1 atom stereocenters. The third-order valence-electron chi connectivity index (χ3n) is 5.68. The quantitative estimate of drug-likeness (QED) is 0.743. The third kappa shape index (κ3) is 3.39. The van der Waals surface area contributed by atoms with E-state index in [1.807, 2.05) is 39.0 Å². The SMILES string of the molecule is Cc1ccc2c(c1)c(=O)n(-c1ccc(C)c(C)c1)c(=O)n2[C@H](C)C(=O)NC1CC1. The van der Waals surface area contributed by atoms with Crippen molar-refractivity contribution in [2.45, 2.75) is 52.6 Å². The predicted octanol–water partition coefficient (Wildman–Crippen LogP) is 2.92. The van der Waals surface area contributed by atoms with Gasteiger partial charge in [-0.2, -0.15) is 0 Å². The fourth-order valence-corrected chi connectivity index (χ4v) is 3.58. The summed E-state index contributed by atoms with van der Waals surface area (Å²) < 4.78 is 2.61. The average Bonchev–Trinajstić information content (AvgIpc) is 3.49. The number of benzene rings is 2. The molecule has 29 heavy (non-hydrogen) atoms. The van der Waals surface area contributed by atoms with Gasteiger partial charge in [0.2, 0.25) is 5.91 Å². The zero-order chi connectivity index (χ0) is 20.9. The van der Waals surface area contributed by atoms with E-state index in [4.69, 9.17) is 0 Å². The van der Waals surface area contributed by atoms with E-state index >= 15 is 0 Å². The maximum atomic E-state index is 13.5. The largest absolute Gasteiger partial charge is 0.352 e. The van der Waals surface area contributed by atoms with Crippen LogP contribution in [0.5, 0.6) is 0 Å². The Bertz CT molecular complexity index is 1250. The predicted molar refractivity (Wildman–Crippen MR) is 114 cm³/mol. The summed E-state index contributed by atoms with van der Waals surface area (Å²) in [5.41, 5.74) is 3.09. The molecule has 0 unspecified atom stereocenters. The lowest BCUT2D eigenvalue weighted by molar-refractivity contribution is -0.124. The summed E-state index contributed by atoms with van der Waals surface area (Å²) in [5, 5.41) is 3.38. The number of fused-ring (bicyclic) bond motifs is 1. The molecule has 0 spiro atoms. The smallest absolute Gasteiger partial charge is 0.336 e. The number of amides is 1. The maximum Gasteiger partial charge on any atom is 0.336 e. The van der Waals surface area contributed by atoms with Gasteiger partial charge in [0.15, 0.2) is 0 Å². The minimum Gasteiger partial charge on any atom is -0.352 e. The van der Waals surface area contributed by atoms with Crippen LogP contribution in [0.4, 0.5) is 0 Å². The number of nitrogens with zero attached hydrogens (tertiary/aromatic N) is 2. The molecular formula is C23H25N3O3. The van der Waals surface area contributed by atoms with Crippen molar-refractivity contribution in [3.8, 4) is 5.69 Å². The summed E-state index contributed by atoms with van der Waals surface area (Å²) in [6.07, 6.45) is 1.94. The Hall–Kier alpha value is -3.15. The molecule has 1 saturated carbocycles. The first-order valence-corrected chi connectivity index (χ1v) is 9.94. The van der Waals surface area contributed by atoms with Gasteiger partial charge < -0.3 is 5.32 Å². The Labute approximate surface area is 168 Å². The molecule has 1 amide bonds. The number of hydrogen-bond acceptors (Lipinski definition) is 3. The van der Waals surface area contributed by atoms with Gasteiger partial charge in [-0.1, -0.05) is 17.7 Å². The molecule has 1 heterocycles. The van der Waals surface area contributed by atoms with Crippen LogP contribution in [-0.2, 0) is 4.79 Å². The van der Waals surface area contributed by atoms with Gasteiger partial charge in [-0.05, 0) is 75.9 Å². The number of carbonyl (C=O) groups is 1. The van der Waals surface area contributed by atoms with E-state index in [1.165, 1.54) is 9.13 Å². The summed E-state index contributed by atoms with van der Waals surface area (Å²) >= 11 is 0. The van der Waals surface area contributed by atoms with Crippen LogP contribution in [0.2, 0.25) is 0 Å². The molecule has 1 fully saturated rings. The van der Waals surface area contributed by atoms with Crippen LogP contribution >= 0.6 is 0 Å². The highest BCUT2D eigenvalue weighted by molar-refractivity contribution is 5.85. The normalized spacial score (nSPS) is 14.8. The van der Waals surface area contributed by atoms with Crippen molar-refractivity contribution in [3.63, 3.8) is 0 Å². The van der Waals surface area contributed by atoms with E-state index < -0.39 is 11.7 Å². The summed E-state index contributed by atoms with van der Waals surface area (Å²) in [7, 11) is 0. The monoisotopic (exact) mass is 391 g/mol. The summed E-state index contributed by atoms with van der Waals surface area (Å²) in [6, 6.07) is 10.3. The van der Waals surface area contributed by atoms with Gasteiger partial charge >= 0.3 is 5.69 Å². The van der Waals surface area contributed by atoms with Crippen LogP contribution in [-0.4, -0.2) is 21.1 Å². The first kappa shape index (κ1) is 19.2. The molecule has 0 radical (unpaired) electrons. The zero-order valence-electron chi connectivity index (χ0n) is 17.2.